The SMILES string of the molecule is Cc1cc(F)cc(C(NN)c2ccc(F)cn2)c1. The van der Waals surface area contributed by atoms with E-state index in [9.17, 15) is 8.78 Å². The van der Waals surface area contributed by atoms with Crippen molar-refractivity contribution in [2.24, 2.45) is 5.84 Å². The second kappa shape index (κ2) is 5.20. The molecule has 0 radical (unpaired) electrons. The summed E-state index contributed by atoms with van der Waals surface area (Å²) >= 11 is 0. The fourth-order valence-corrected chi connectivity index (χ4v) is 1.84. The Hall–Kier alpha value is -1.85. The van der Waals surface area contributed by atoms with Crippen LogP contribution in [0.15, 0.2) is 36.5 Å². The predicted molar refractivity (Wildman–Crippen MR) is 64.5 cm³/mol. The Kier molecular flexibility index (Phi) is 3.64. The number of aryl methyl sites for hydroxylation is 1. The first kappa shape index (κ1) is 12.6. The number of nitrogens with zero attached hydrogens (tertiary/aromatic N) is 1. The van der Waals surface area contributed by atoms with Crippen LogP contribution in [0.25, 0.3) is 0 Å². The molecule has 0 aliphatic rings. The molecule has 3 nitrogen and oxygen atoms in total. The molecule has 1 heterocycles. The Balaban J connectivity index is 2.41. The van der Waals surface area contributed by atoms with E-state index >= 15 is 0 Å². The van der Waals surface area contributed by atoms with Crippen molar-refractivity contribution >= 4 is 0 Å². The maximum absolute atomic E-state index is 13.4. The standard InChI is InChI=1S/C13H13F2N3/c1-8-4-9(6-11(15)5-8)13(18-16)12-3-2-10(14)7-17-12/h2-7,13,18H,16H2,1H3. The molecule has 1 aromatic carbocycles. The Morgan fingerprint density at radius 3 is 2.50 bits per heavy atom. The van der Waals surface area contributed by atoms with Crippen LogP contribution < -0.4 is 11.3 Å². The van der Waals surface area contributed by atoms with Crippen molar-refractivity contribution in [3.8, 4) is 0 Å². The zero-order valence-corrected chi connectivity index (χ0v) is 9.82. The van der Waals surface area contributed by atoms with Crippen molar-refractivity contribution in [3.63, 3.8) is 0 Å². The molecule has 0 saturated heterocycles. The first-order valence-corrected chi connectivity index (χ1v) is 5.45. The number of nitrogens with two attached hydrogens (primary N) is 1. The lowest BCUT2D eigenvalue weighted by molar-refractivity contribution is 0.586. The molecule has 0 saturated carbocycles. The summed E-state index contributed by atoms with van der Waals surface area (Å²) in [5.74, 6) is 4.70. The summed E-state index contributed by atoms with van der Waals surface area (Å²) in [7, 11) is 0. The molecule has 94 valence electrons. The van der Waals surface area contributed by atoms with Crippen LogP contribution in [-0.2, 0) is 0 Å². The number of benzene rings is 1. The lowest BCUT2D eigenvalue weighted by atomic mass is 10.0. The number of nitrogens with one attached hydrogen (secondary N) is 1. The molecule has 18 heavy (non-hydrogen) atoms. The summed E-state index contributed by atoms with van der Waals surface area (Å²) < 4.78 is 26.2. The molecule has 1 atom stereocenters. The summed E-state index contributed by atoms with van der Waals surface area (Å²) in [5.41, 5.74) is 4.52. The monoisotopic (exact) mass is 249 g/mol. The highest BCUT2D eigenvalue weighted by molar-refractivity contribution is 5.31. The molecular formula is C13H13F2N3. The zero-order chi connectivity index (χ0) is 13.1. The number of halogens is 2. The third-order valence-corrected chi connectivity index (χ3v) is 2.61. The van der Waals surface area contributed by atoms with Gasteiger partial charge in [0.1, 0.15) is 11.6 Å². The van der Waals surface area contributed by atoms with Gasteiger partial charge in [-0.15, -0.1) is 0 Å². The summed E-state index contributed by atoms with van der Waals surface area (Å²) in [6.45, 7) is 1.79. The van der Waals surface area contributed by atoms with Crippen molar-refractivity contribution in [2.45, 2.75) is 13.0 Å². The highest BCUT2D eigenvalue weighted by atomic mass is 19.1. The molecular weight excluding hydrogens is 236 g/mol. The normalized spacial score (nSPS) is 12.4. The van der Waals surface area contributed by atoms with Gasteiger partial charge < -0.3 is 0 Å². The number of hydrazine groups is 1. The van der Waals surface area contributed by atoms with Gasteiger partial charge in [0, 0.05) is 0 Å². The molecule has 0 fully saturated rings. The van der Waals surface area contributed by atoms with Gasteiger partial charge in [0.2, 0.25) is 0 Å². The van der Waals surface area contributed by atoms with Crippen molar-refractivity contribution in [3.05, 3.63) is 65.0 Å². The van der Waals surface area contributed by atoms with E-state index in [1.165, 1.54) is 24.3 Å². The number of rotatable bonds is 3. The van der Waals surface area contributed by atoms with E-state index in [1.807, 2.05) is 0 Å². The minimum absolute atomic E-state index is 0.340. The fourth-order valence-electron chi connectivity index (χ4n) is 1.84. The van der Waals surface area contributed by atoms with E-state index in [0.717, 1.165) is 11.8 Å². The van der Waals surface area contributed by atoms with Crippen LogP contribution in [0.5, 0.6) is 0 Å². The van der Waals surface area contributed by atoms with Gasteiger partial charge in [-0.05, 0) is 42.3 Å². The summed E-state index contributed by atoms with van der Waals surface area (Å²) in [5, 5.41) is 0. The topological polar surface area (TPSA) is 50.9 Å². The quantitative estimate of drug-likeness (QED) is 0.647. The van der Waals surface area contributed by atoms with Crippen LogP contribution in [-0.4, -0.2) is 4.98 Å². The first-order chi connectivity index (χ1) is 8.60. The maximum atomic E-state index is 13.4. The Labute approximate surface area is 104 Å². The second-order valence-corrected chi connectivity index (χ2v) is 4.06. The lowest BCUT2D eigenvalue weighted by Gasteiger charge is -2.16. The predicted octanol–water partition coefficient (Wildman–Crippen LogP) is 2.22. The Morgan fingerprint density at radius 2 is 1.94 bits per heavy atom. The van der Waals surface area contributed by atoms with Crippen molar-refractivity contribution in [1.29, 1.82) is 0 Å². The largest absolute Gasteiger partial charge is 0.271 e. The summed E-state index contributed by atoms with van der Waals surface area (Å²) in [6.07, 6.45) is 1.10. The number of aromatic nitrogens is 1. The minimum Gasteiger partial charge on any atom is -0.271 e. The second-order valence-electron chi connectivity index (χ2n) is 4.06. The number of hydrogen-bond donors (Lipinski definition) is 2. The molecule has 1 unspecified atom stereocenters. The van der Waals surface area contributed by atoms with Gasteiger partial charge in [-0.2, -0.15) is 0 Å². The van der Waals surface area contributed by atoms with Crippen LogP contribution in [0.4, 0.5) is 8.78 Å². The average molecular weight is 249 g/mol. The van der Waals surface area contributed by atoms with Crippen molar-refractivity contribution in [1.82, 2.24) is 10.4 Å². The molecule has 0 aliphatic heterocycles. The average Bonchev–Trinajstić information content (AvgIpc) is 2.31. The smallest absolute Gasteiger partial charge is 0.141 e. The highest BCUT2D eigenvalue weighted by Crippen LogP contribution is 2.21. The van der Waals surface area contributed by atoms with E-state index in [-0.39, 0.29) is 5.82 Å². The van der Waals surface area contributed by atoms with Crippen LogP contribution in [0.1, 0.15) is 22.9 Å². The molecule has 5 heteroatoms. The van der Waals surface area contributed by atoms with E-state index in [2.05, 4.69) is 10.4 Å². The van der Waals surface area contributed by atoms with Gasteiger partial charge in [-0.25, -0.2) is 14.2 Å². The van der Waals surface area contributed by atoms with E-state index in [4.69, 9.17) is 5.84 Å². The van der Waals surface area contributed by atoms with E-state index in [1.54, 1.807) is 13.0 Å². The molecule has 2 aromatic rings. The van der Waals surface area contributed by atoms with Gasteiger partial charge in [0.25, 0.3) is 0 Å². The Bertz CT molecular complexity index is 520. The third-order valence-electron chi connectivity index (χ3n) is 2.61. The number of hydrogen-bond acceptors (Lipinski definition) is 3. The van der Waals surface area contributed by atoms with E-state index < -0.39 is 11.9 Å². The van der Waals surface area contributed by atoms with Gasteiger partial charge >= 0.3 is 0 Å². The van der Waals surface area contributed by atoms with E-state index in [0.29, 0.717) is 11.3 Å². The highest BCUT2D eigenvalue weighted by Gasteiger charge is 2.15. The minimum atomic E-state index is -0.472. The summed E-state index contributed by atoms with van der Waals surface area (Å²) in [6, 6.07) is 6.94. The van der Waals surface area contributed by atoms with Crippen LogP contribution in [0.2, 0.25) is 0 Å². The maximum Gasteiger partial charge on any atom is 0.141 e. The van der Waals surface area contributed by atoms with Crippen LogP contribution in [0, 0.1) is 18.6 Å². The van der Waals surface area contributed by atoms with Crippen LogP contribution >= 0.6 is 0 Å². The lowest BCUT2D eigenvalue weighted by Crippen LogP contribution is -2.29. The Morgan fingerprint density at radius 1 is 1.17 bits per heavy atom. The summed E-state index contributed by atoms with van der Waals surface area (Å²) in [4.78, 5) is 3.95. The molecule has 0 bridgehead atoms. The van der Waals surface area contributed by atoms with Gasteiger partial charge in [0.05, 0.1) is 17.9 Å². The van der Waals surface area contributed by atoms with Gasteiger partial charge in [-0.3, -0.25) is 10.8 Å². The fraction of sp³-hybridized carbons (Fsp3) is 0.154. The molecule has 0 spiro atoms. The molecule has 1 aromatic heterocycles. The molecule has 3 N–H and O–H groups in total. The molecule has 0 aliphatic carbocycles. The molecule has 2 rings (SSSR count). The van der Waals surface area contributed by atoms with Crippen molar-refractivity contribution < 1.29 is 8.78 Å². The zero-order valence-electron chi connectivity index (χ0n) is 9.82. The van der Waals surface area contributed by atoms with Crippen molar-refractivity contribution in [2.75, 3.05) is 0 Å². The van der Waals surface area contributed by atoms with Crippen LogP contribution in [0.3, 0.4) is 0 Å². The van der Waals surface area contributed by atoms with Gasteiger partial charge in [-0.1, -0.05) is 6.07 Å². The molecule has 0 amide bonds. The number of pyridine rings is 1. The first-order valence-electron chi connectivity index (χ1n) is 5.45. The third kappa shape index (κ3) is 2.69. The van der Waals surface area contributed by atoms with Gasteiger partial charge in [0.15, 0.2) is 0 Å².